The highest BCUT2D eigenvalue weighted by Gasteiger charge is 2.15. The summed E-state index contributed by atoms with van der Waals surface area (Å²) in [7, 11) is 5.84. The molecule has 0 aliphatic rings. The Balaban J connectivity index is 2.96. The number of anilines is 2. The highest BCUT2D eigenvalue weighted by atomic mass is 79.9. The Morgan fingerprint density at radius 1 is 1.33 bits per heavy atom. The summed E-state index contributed by atoms with van der Waals surface area (Å²) < 4.78 is 6.36. The number of benzene rings is 1. The normalized spacial score (nSPS) is 12.6. The van der Waals surface area contributed by atoms with Crippen molar-refractivity contribution in [1.82, 2.24) is 0 Å². The molecule has 1 unspecified atom stereocenters. The van der Waals surface area contributed by atoms with E-state index in [1.54, 1.807) is 7.11 Å². The van der Waals surface area contributed by atoms with Gasteiger partial charge in [-0.15, -0.1) is 0 Å². The maximum atomic E-state index is 5.28. The van der Waals surface area contributed by atoms with E-state index in [0.717, 1.165) is 10.2 Å². The minimum Gasteiger partial charge on any atom is -0.383 e. The standard InChI is InChI=1S/C14H23BrN2O/c1-10(2)13(9-18-5)16-12-8-11(15)6-7-14(12)17(3)4/h6-8,10,13,16H,9H2,1-5H3. The second kappa shape index (κ2) is 7.00. The quantitative estimate of drug-likeness (QED) is 0.868. The maximum Gasteiger partial charge on any atom is 0.0666 e. The molecule has 0 aliphatic carbocycles. The first-order valence-electron chi connectivity index (χ1n) is 6.18. The molecule has 1 rings (SSSR count). The molecule has 1 aromatic rings. The van der Waals surface area contributed by atoms with Gasteiger partial charge < -0.3 is 15.0 Å². The second-order valence-corrected chi connectivity index (χ2v) is 5.92. The lowest BCUT2D eigenvalue weighted by Gasteiger charge is -2.26. The number of hydrogen-bond acceptors (Lipinski definition) is 3. The predicted molar refractivity (Wildman–Crippen MR) is 82.6 cm³/mol. The third kappa shape index (κ3) is 4.18. The fourth-order valence-electron chi connectivity index (χ4n) is 1.79. The van der Waals surface area contributed by atoms with Crippen LogP contribution in [0.2, 0.25) is 0 Å². The maximum absolute atomic E-state index is 5.28. The second-order valence-electron chi connectivity index (χ2n) is 5.01. The molecule has 3 nitrogen and oxygen atoms in total. The topological polar surface area (TPSA) is 24.5 Å². The van der Waals surface area contributed by atoms with Crippen molar-refractivity contribution in [2.24, 2.45) is 5.92 Å². The summed E-state index contributed by atoms with van der Waals surface area (Å²) in [6.07, 6.45) is 0. The highest BCUT2D eigenvalue weighted by Crippen LogP contribution is 2.29. The van der Waals surface area contributed by atoms with Crippen LogP contribution in [0.15, 0.2) is 22.7 Å². The monoisotopic (exact) mass is 314 g/mol. The van der Waals surface area contributed by atoms with E-state index in [2.05, 4.69) is 72.3 Å². The van der Waals surface area contributed by atoms with Gasteiger partial charge >= 0.3 is 0 Å². The first kappa shape index (κ1) is 15.3. The van der Waals surface area contributed by atoms with Crippen LogP contribution in [0.4, 0.5) is 11.4 Å². The lowest BCUT2D eigenvalue weighted by molar-refractivity contribution is 0.171. The molecule has 102 valence electrons. The molecule has 1 N–H and O–H groups in total. The fraction of sp³-hybridized carbons (Fsp3) is 0.571. The van der Waals surface area contributed by atoms with Crippen molar-refractivity contribution in [3.05, 3.63) is 22.7 Å². The first-order chi connectivity index (χ1) is 8.45. The molecule has 0 spiro atoms. The summed E-state index contributed by atoms with van der Waals surface area (Å²) in [6, 6.07) is 6.58. The number of nitrogens with one attached hydrogen (secondary N) is 1. The molecule has 0 aromatic heterocycles. The Bertz CT molecular complexity index is 380. The van der Waals surface area contributed by atoms with Crippen molar-refractivity contribution in [2.45, 2.75) is 19.9 Å². The molecule has 0 radical (unpaired) electrons. The van der Waals surface area contributed by atoms with Crippen LogP contribution in [-0.2, 0) is 4.74 Å². The molecule has 4 heteroatoms. The van der Waals surface area contributed by atoms with Gasteiger partial charge in [-0.2, -0.15) is 0 Å². The number of halogens is 1. The summed E-state index contributed by atoms with van der Waals surface area (Å²) in [4.78, 5) is 2.11. The Kier molecular flexibility index (Phi) is 5.96. The Labute approximate surface area is 119 Å². The van der Waals surface area contributed by atoms with Crippen molar-refractivity contribution in [1.29, 1.82) is 0 Å². The number of nitrogens with zero attached hydrogens (tertiary/aromatic N) is 1. The smallest absolute Gasteiger partial charge is 0.0666 e. The largest absolute Gasteiger partial charge is 0.383 e. The SMILES string of the molecule is COCC(Nc1cc(Br)ccc1N(C)C)C(C)C. The van der Waals surface area contributed by atoms with Crippen LogP contribution in [0, 0.1) is 5.92 Å². The van der Waals surface area contributed by atoms with Crippen LogP contribution in [0.3, 0.4) is 0 Å². The summed E-state index contributed by atoms with van der Waals surface area (Å²) in [5.74, 6) is 0.513. The van der Waals surface area contributed by atoms with Crippen LogP contribution in [0.1, 0.15) is 13.8 Å². The van der Waals surface area contributed by atoms with E-state index in [1.807, 2.05) is 0 Å². The lowest BCUT2D eigenvalue weighted by atomic mass is 10.0. The molecule has 1 atom stereocenters. The number of rotatable bonds is 6. The van der Waals surface area contributed by atoms with Gasteiger partial charge in [0.2, 0.25) is 0 Å². The zero-order chi connectivity index (χ0) is 13.7. The average molecular weight is 315 g/mol. The van der Waals surface area contributed by atoms with Crippen LogP contribution in [0.25, 0.3) is 0 Å². The van der Waals surface area contributed by atoms with Crippen LogP contribution in [-0.4, -0.2) is 33.9 Å². The molecule has 0 saturated heterocycles. The van der Waals surface area contributed by atoms with Crippen molar-refractivity contribution >= 4 is 27.3 Å². The van der Waals surface area contributed by atoms with Crippen LogP contribution in [0.5, 0.6) is 0 Å². The van der Waals surface area contributed by atoms with Gasteiger partial charge in [0.25, 0.3) is 0 Å². The molecular formula is C14H23BrN2O. The Hall–Kier alpha value is -0.740. The van der Waals surface area contributed by atoms with Crippen molar-refractivity contribution in [3.63, 3.8) is 0 Å². The summed E-state index contributed by atoms with van der Waals surface area (Å²) in [6.45, 7) is 5.10. The minimum atomic E-state index is 0.308. The molecule has 1 aromatic carbocycles. The van der Waals surface area contributed by atoms with Crippen molar-refractivity contribution in [2.75, 3.05) is 38.0 Å². The van der Waals surface area contributed by atoms with Crippen LogP contribution >= 0.6 is 15.9 Å². The van der Waals surface area contributed by atoms with E-state index in [4.69, 9.17) is 4.74 Å². The average Bonchev–Trinajstić information content (AvgIpc) is 2.28. The fourth-order valence-corrected chi connectivity index (χ4v) is 2.16. The minimum absolute atomic E-state index is 0.308. The molecule has 0 bridgehead atoms. The number of methoxy groups -OCH3 is 1. The first-order valence-corrected chi connectivity index (χ1v) is 6.97. The molecule has 0 heterocycles. The van der Waals surface area contributed by atoms with Gasteiger partial charge in [0, 0.05) is 25.7 Å². The van der Waals surface area contributed by atoms with Gasteiger partial charge in [-0.3, -0.25) is 0 Å². The van der Waals surface area contributed by atoms with E-state index < -0.39 is 0 Å². The zero-order valence-electron chi connectivity index (χ0n) is 11.8. The molecule has 0 amide bonds. The van der Waals surface area contributed by atoms with E-state index in [1.165, 1.54) is 5.69 Å². The van der Waals surface area contributed by atoms with Gasteiger partial charge in [0.1, 0.15) is 0 Å². The molecule has 0 aliphatic heterocycles. The summed E-state index contributed by atoms with van der Waals surface area (Å²) in [5, 5.41) is 3.57. The third-order valence-corrected chi connectivity index (χ3v) is 3.43. The summed E-state index contributed by atoms with van der Waals surface area (Å²) in [5.41, 5.74) is 2.31. The van der Waals surface area contributed by atoms with E-state index in [-0.39, 0.29) is 0 Å². The Morgan fingerprint density at radius 2 is 2.00 bits per heavy atom. The van der Waals surface area contributed by atoms with E-state index >= 15 is 0 Å². The van der Waals surface area contributed by atoms with Gasteiger partial charge in [-0.25, -0.2) is 0 Å². The van der Waals surface area contributed by atoms with Gasteiger partial charge in [0.15, 0.2) is 0 Å². The molecule has 0 fully saturated rings. The van der Waals surface area contributed by atoms with E-state index in [9.17, 15) is 0 Å². The van der Waals surface area contributed by atoms with Crippen LogP contribution < -0.4 is 10.2 Å². The number of ether oxygens (including phenoxy) is 1. The van der Waals surface area contributed by atoms with Gasteiger partial charge in [0.05, 0.1) is 24.0 Å². The third-order valence-electron chi connectivity index (χ3n) is 2.93. The molecule has 18 heavy (non-hydrogen) atoms. The predicted octanol–water partition coefficient (Wildman–Crippen LogP) is 3.60. The molecular weight excluding hydrogens is 292 g/mol. The zero-order valence-corrected chi connectivity index (χ0v) is 13.4. The molecule has 0 saturated carbocycles. The number of hydrogen-bond donors (Lipinski definition) is 1. The van der Waals surface area contributed by atoms with E-state index in [0.29, 0.717) is 18.6 Å². The van der Waals surface area contributed by atoms with Crippen molar-refractivity contribution in [3.8, 4) is 0 Å². The van der Waals surface area contributed by atoms with Gasteiger partial charge in [-0.05, 0) is 24.1 Å². The summed E-state index contributed by atoms with van der Waals surface area (Å²) >= 11 is 3.52. The lowest BCUT2D eigenvalue weighted by Crippen LogP contribution is -2.31. The van der Waals surface area contributed by atoms with Gasteiger partial charge in [-0.1, -0.05) is 29.8 Å². The van der Waals surface area contributed by atoms with Crippen molar-refractivity contribution < 1.29 is 4.74 Å². The highest BCUT2D eigenvalue weighted by molar-refractivity contribution is 9.10. The Morgan fingerprint density at radius 3 is 2.50 bits per heavy atom.